The lowest BCUT2D eigenvalue weighted by Crippen LogP contribution is -2.49. The Kier molecular flexibility index (Phi) is 9.82. The minimum absolute atomic E-state index is 0.0914. The van der Waals surface area contributed by atoms with Crippen LogP contribution in [0.5, 0.6) is 0 Å². The number of aryl methyl sites for hydroxylation is 1. The molecule has 3 nitrogen and oxygen atoms in total. The number of hydrazine groups is 1. The molecule has 1 aliphatic heterocycles. The number of carbonyl (C=O) groups is 1. The van der Waals surface area contributed by atoms with Gasteiger partial charge in [-0.25, -0.2) is 5.01 Å². The lowest BCUT2D eigenvalue weighted by molar-refractivity contribution is -0.0351. The van der Waals surface area contributed by atoms with Gasteiger partial charge in [-0.05, 0) is 78.0 Å². The molecule has 0 spiro atoms. The molecule has 1 heterocycles. The molecule has 4 aromatic rings. The van der Waals surface area contributed by atoms with Crippen molar-refractivity contribution in [3.8, 4) is 11.1 Å². The summed E-state index contributed by atoms with van der Waals surface area (Å²) in [4.78, 5) is 14.0. The van der Waals surface area contributed by atoms with Gasteiger partial charge in [0.05, 0.1) is 6.54 Å². The summed E-state index contributed by atoms with van der Waals surface area (Å²) in [5.74, 6) is 0.747. The van der Waals surface area contributed by atoms with Crippen LogP contribution >= 0.6 is 0 Å². The van der Waals surface area contributed by atoms with Crippen molar-refractivity contribution in [1.29, 1.82) is 0 Å². The summed E-state index contributed by atoms with van der Waals surface area (Å²) in [6, 6.07) is 38.3. The number of carbonyl (C=O) groups excluding carboxylic acids is 1. The fourth-order valence-electron chi connectivity index (χ4n) is 5.76. The van der Waals surface area contributed by atoms with Crippen molar-refractivity contribution in [2.45, 2.75) is 58.4 Å². The second-order valence-electron chi connectivity index (χ2n) is 11.2. The van der Waals surface area contributed by atoms with Gasteiger partial charge in [0.25, 0.3) is 5.91 Å². The van der Waals surface area contributed by atoms with Gasteiger partial charge in [-0.2, -0.15) is 0 Å². The summed E-state index contributed by atoms with van der Waals surface area (Å²) in [6.45, 7) is 4.62. The Labute approximate surface area is 240 Å². The van der Waals surface area contributed by atoms with Crippen molar-refractivity contribution in [3.05, 3.63) is 131 Å². The molecule has 5 rings (SSSR count). The molecule has 0 aliphatic carbocycles. The van der Waals surface area contributed by atoms with Gasteiger partial charge in [-0.3, -0.25) is 9.80 Å². The van der Waals surface area contributed by atoms with Gasteiger partial charge in [0.15, 0.2) is 0 Å². The van der Waals surface area contributed by atoms with Crippen LogP contribution in [0.25, 0.3) is 11.1 Å². The third kappa shape index (κ3) is 7.49. The van der Waals surface area contributed by atoms with E-state index in [0.717, 1.165) is 49.9 Å². The number of nitrogens with zero attached hydrogens (tertiary/aromatic N) is 2. The Morgan fingerprint density at radius 3 is 1.95 bits per heavy atom. The molecule has 0 radical (unpaired) electrons. The highest BCUT2D eigenvalue weighted by Gasteiger charge is 2.28. The maximum atomic E-state index is 14.0. The van der Waals surface area contributed by atoms with Crippen LogP contribution in [-0.2, 0) is 19.4 Å². The minimum Gasteiger partial charge on any atom is -0.268 e. The zero-order valence-corrected chi connectivity index (χ0v) is 23.8. The maximum Gasteiger partial charge on any atom is 0.268 e. The van der Waals surface area contributed by atoms with Crippen LogP contribution in [0.3, 0.4) is 0 Å². The molecule has 0 N–H and O–H groups in total. The molecule has 0 unspecified atom stereocenters. The van der Waals surface area contributed by atoms with Crippen molar-refractivity contribution in [2.75, 3.05) is 13.1 Å². The Hall–Kier alpha value is -3.69. The monoisotopic (exact) mass is 530 g/mol. The molecule has 1 saturated heterocycles. The number of amides is 1. The first-order valence-electron chi connectivity index (χ1n) is 15.0. The Morgan fingerprint density at radius 2 is 1.30 bits per heavy atom. The van der Waals surface area contributed by atoms with Crippen LogP contribution in [-0.4, -0.2) is 29.0 Å². The molecule has 1 fully saturated rings. The fraction of sp³-hybridized carbons (Fsp3) is 0.324. The topological polar surface area (TPSA) is 23.6 Å². The van der Waals surface area contributed by atoms with Crippen LogP contribution < -0.4 is 0 Å². The number of benzene rings is 4. The first-order valence-corrected chi connectivity index (χ1v) is 15.0. The number of rotatable bonds is 11. The molecule has 206 valence electrons. The van der Waals surface area contributed by atoms with Gasteiger partial charge in [-0.1, -0.05) is 117 Å². The average Bonchev–Trinajstić information content (AvgIpc) is 3.02. The van der Waals surface area contributed by atoms with Gasteiger partial charge in [0, 0.05) is 18.7 Å². The minimum atomic E-state index is 0.0914. The summed E-state index contributed by atoms with van der Waals surface area (Å²) in [6.07, 6.45) is 8.06. The van der Waals surface area contributed by atoms with Gasteiger partial charge in [0.1, 0.15) is 0 Å². The number of unbranched alkanes of at least 4 members (excludes halogenated alkanes) is 2. The van der Waals surface area contributed by atoms with E-state index in [1.165, 1.54) is 41.5 Å². The highest BCUT2D eigenvalue weighted by atomic mass is 16.2. The molecule has 0 saturated carbocycles. The summed E-state index contributed by atoms with van der Waals surface area (Å²) in [5, 5.41) is 4.30. The molecule has 1 amide bonds. The van der Waals surface area contributed by atoms with E-state index in [4.69, 9.17) is 0 Å². The van der Waals surface area contributed by atoms with Crippen LogP contribution in [0.4, 0.5) is 0 Å². The van der Waals surface area contributed by atoms with Crippen molar-refractivity contribution < 1.29 is 4.79 Å². The maximum absolute atomic E-state index is 14.0. The predicted octanol–water partition coefficient (Wildman–Crippen LogP) is 8.60. The molecule has 0 bridgehead atoms. The van der Waals surface area contributed by atoms with Crippen molar-refractivity contribution in [3.63, 3.8) is 0 Å². The highest BCUT2D eigenvalue weighted by Crippen LogP contribution is 2.26. The predicted molar refractivity (Wildman–Crippen MR) is 166 cm³/mol. The van der Waals surface area contributed by atoms with E-state index in [1.807, 2.05) is 23.2 Å². The van der Waals surface area contributed by atoms with E-state index < -0.39 is 0 Å². The lowest BCUT2D eigenvalue weighted by atomic mass is 9.90. The largest absolute Gasteiger partial charge is 0.268 e. The molecule has 0 atom stereocenters. The standard InChI is InChI=1S/C37H42N2O/c1-2-3-6-11-30-16-22-36(23-17-30)37(40)39(29-33-18-20-35(21-19-33)34-14-9-5-10-15-34)38-26-24-32(25-27-38)28-31-12-7-4-8-13-31/h4-5,7-10,12-23,32H,2-3,6,11,24-29H2,1H3. The molecule has 1 aliphatic rings. The first kappa shape index (κ1) is 27.9. The van der Waals surface area contributed by atoms with Gasteiger partial charge in [-0.15, -0.1) is 0 Å². The molecule has 0 aromatic heterocycles. The van der Waals surface area contributed by atoms with E-state index in [1.54, 1.807) is 0 Å². The Balaban J connectivity index is 1.30. The number of hydrogen-bond acceptors (Lipinski definition) is 2. The van der Waals surface area contributed by atoms with Crippen molar-refractivity contribution >= 4 is 5.91 Å². The van der Waals surface area contributed by atoms with Crippen LogP contribution in [0, 0.1) is 5.92 Å². The molecular formula is C37H42N2O. The summed E-state index contributed by atoms with van der Waals surface area (Å²) in [5.41, 5.74) is 7.05. The summed E-state index contributed by atoms with van der Waals surface area (Å²) in [7, 11) is 0. The Bertz CT molecular complexity index is 1310. The SMILES string of the molecule is CCCCCc1ccc(C(=O)N(Cc2ccc(-c3ccccc3)cc2)N2CCC(Cc3ccccc3)CC2)cc1. The second-order valence-corrected chi connectivity index (χ2v) is 11.2. The number of piperidine rings is 1. The Morgan fingerprint density at radius 1 is 0.700 bits per heavy atom. The zero-order chi connectivity index (χ0) is 27.6. The first-order chi connectivity index (χ1) is 19.7. The normalized spacial score (nSPS) is 14.2. The van der Waals surface area contributed by atoms with Crippen LogP contribution in [0.1, 0.15) is 66.1 Å². The van der Waals surface area contributed by atoms with Crippen LogP contribution in [0.2, 0.25) is 0 Å². The van der Waals surface area contributed by atoms with E-state index in [9.17, 15) is 4.79 Å². The van der Waals surface area contributed by atoms with Gasteiger partial charge < -0.3 is 0 Å². The molecule has 3 heteroatoms. The number of hydrogen-bond donors (Lipinski definition) is 0. The molecule has 4 aromatic carbocycles. The highest BCUT2D eigenvalue weighted by molar-refractivity contribution is 5.94. The van der Waals surface area contributed by atoms with E-state index in [2.05, 4.69) is 103 Å². The van der Waals surface area contributed by atoms with Crippen LogP contribution in [0.15, 0.2) is 109 Å². The van der Waals surface area contributed by atoms with Gasteiger partial charge >= 0.3 is 0 Å². The van der Waals surface area contributed by atoms with Gasteiger partial charge in [0.2, 0.25) is 0 Å². The third-order valence-electron chi connectivity index (χ3n) is 8.20. The zero-order valence-electron chi connectivity index (χ0n) is 23.8. The molecule has 40 heavy (non-hydrogen) atoms. The third-order valence-corrected chi connectivity index (χ3v) is 8.20. The van der Waals surface area contributed by atoms with E-state index in [-0.39, 0.29) is 5.91 Å². The quantitative estimate of drug-likeness (QED) is 0.181. The van der Waals surface area contributed by atoms with E-state index in [0.29, 0.717) is 12.5 Å². The summed E-state index contributed by atoms with van der Waals surface area (Å²) < 4.78 is 0. The lowest BCUT2D eigenvalue weighted by Gasteiger charge is -2.40. The fourth-order valence-corrected chi connectivity index (χ4v) is 5.76. The van der Waals surface area contributed by atoms with Crippen molar-refractivity contribution in [2.24, 2.45) is 5.92 Å². The second kappa shape index (κ2) is 14.1. The summed E-state index contributed by atoms with van der Waals surface area (Å²) >= 11 is 0. The smallest absolute Gasteiger partial charge is 0.268 e. The van der Waals surface area contributed by atoms with Crippen molar-refractivity contribution in [1.82, 2.24) is 10.0 Å². The average molecular weight is 531 g/mol. The molecular weight excluding hydrogens is 488 g/mol. The van der Waals surface area contributed by atoms with E-state index >= 15 is 0 Å².